The molecule has 0 saturated heterocycles. The van der Waals surface area contributed by atoms with Gasteiger partial charge in [-0.15, -0.1) is 0 Å². The Bertz CT molecular complexity index is 1230. The number of ether oxygens (including phenoxy) is 5. The summed E-state index contributed by atoms with van der Waals surface area (Å²) in [4.78, 5) is 15.6. The highest BCUT2D eigenvalue weighted by atomic mass is 19.1. The Balaban J connectivity index is 1.70. The molecule has 0 aromatic heterocycles. The molecule has 0 spiro atoms. The number of carbonyl (C=O) groups is 1. The second-order valence-corrected chi connectivity index (χ2v) is 8.46. The molecule has 0 fully saturated rings. The van der Waals surface area contributed by atoms with Crippen LogP contribution in [0.2, 0.25) is 0 Å². The molecular formula is C29H32FNO6. The van der Waals surface area contributed by atoms with Crippen molar-refractivity contribution in [3.63, 3.8) is 0 Å². The monoisotopic (exact) mass is 509 g/mol. The molecule has 1 unspecified atom stereocenters. The van der Waals surface area contributed by atoms with Crippen LogP contribution in [0.25, 0.3) is 0 Å². The zero-order chi connectivity index (χ0) is 26.4. The van der Waals surface area contributed by atoms with Crippen LogP contribution in [-0.4, -0.2) is 51.4 Å². The largest absolute Gasteiger partial charge is 0.493 e. The number of amides is 1. The van der Waals surface area contributed by atoms with E-state index in [2.05, 4.69) is 0 Å². The second kappa shape index (κ2) is 11.9. The maximum Gasteiger partial charge on any atom is 0.254 e. The van der Waals surface area contributed by atoms with Gasteiger partial charge in [-0.2, -0.15) is 0 Å². The smallest absolute Gasteiger partial charge is 0.254 e. The first-order valence-corrected chi connectivity index (χ1v) is 12.3. The number of carbonyl (C=O) groups excluding carboxylic acids is 1. The third-order valence-electron chi connectivity index (χ3n) is 6.28. The van der Waals surface area contributed by atoms with Crippen LogP contribution in [0.3, 0.4) is 0 Å². The molecule has 0 bridgehead atoms. The van der Waals surface area contributed by atoms with Crippen molar-refractivity contribution in [3.8, 4) is 28.7 Å². The van der Waals surface area contributed by atoms with Crippen LogP contribution in [0.4, 0.5) is 4.39 Å². The highest BCUT2D eigenvalue weighted by Crippen LogP contribution is 2.39. The van der Waals surface area contributed by atoms with Crippen molar-refractivity contribution in [3.05, 3.63) is 77.1 Å². The molecule has 1 atom stereocenters. The molecule has 0 aliphatic carbocycles. The predicted molar refractivity (Wildman–Crippen MR) is 138 cm³/mol. The number of fused-ring (bicyclic) bond motifs is 1. The van der Waals surface area contributed by atoms with Crippen LogP contribution in [0, 0.1) is 5.82 Å². The van der Waals surface area contributed by atoms with Crippen molar-refractivity contribution < 1.29 is 32.9 Å². The van der Waals surface area contributed by atoms with E-state index in [-0.39, 0.29) is 18.3 Å². The molecule has 8 heteroatoms. The Hall–Kier alpha value is -3.94. The first-order chi connectivity index (χ1) is 18.0. The van der Waals surface area contributed by atoms with Crippen LogP contribution < -0.4 is 23.7 Å². The summed E-state index contributed by atoms with van der Waals surface area (Å²) in [7, 11) is 3.18. The molecule has 196 valence electrons. The van der Waals surface area contributed by atoms with Crippen LogP contribution in [0.1, 0.15) is 41.4 Å². The van der Waals surface area contributed by atoms with Crippen molar-refractivity contribution in [2.45, 2.75) is 26.3 Å². The molecule has 37 heavy (non-hydrogen) atoms. The van der Waals surface area contributed by atoms with Crippen LogP contribution in [0.15, 0.2) is 54.6 Å². The predicted octanol–water partition coefficient (Wildman–Crippen LogP) is 5.46. The van der Waals surface area contributed by atoms with Gasteiger partial charge in [0.1, 0.15) is 18.2 Å². The molecule has 3 aromatic carbocycles. The van der Waals surface area contributed by atoms with E-state index >= 15 is 0 Å². The van der Waals surface area contributed by atoms with Gasteiger partial charge in [0.25, 0.3) is 5.91 Å². The fourth-order valence-electron chi connectivity index (χ4n) is 4.51. The van der Waals surface area contributed by atoms with Crippen molar-refractivity contribution in [2.75, 3.05) is 40.6 Å². The van der Waals surface area contributed by atoms with E-state index in [0.717, 1.165) is 11.1 Å². The van der Waals surface area contributed by atoms with Gasteiger partial charge in [0, 0.05) is 12.1 Å². The van der Waals surface area contributed by atoms with Gasteiger partial charge in [-0.05, 0) is 86.0 Å². The minimum atomic E-state index is -0.414. The molecule has 1 amide bonds. The van der Waals surface area contributed by atoms with Gasteiger partial charge < -0.3 is 28.6 Å². The lowest BCUT2D eigenvalue weighted by molar-refractivity contribution is 0.0588. The Kier molecular flexibility index (Phi) is 8.38. The summed E-state index contributed by atoms with van der Waals surface area (Å²) >= 11 is 0. The normalized spacial score (nSPS) is 14.5. The molecule has 3 aromatic rings. The molecule has 1 aliphatic heterocycles. The van der Waals surface area contributed by atoms with Crippen molar-refractivity contribution in [1.82, 2.24) is 4.90 Å². The average Bonchev–Trinajstić information content (AvgIpc) is 2.92. The van der Waals surface area contributed by atoms with E-state index in [4.69, 9.17) is 23.7 Å². The zero-order valence-corrected chi connectivity index (χ0v) is 21.6. The number of rotatable bonds is 10. The zero-order valence-electron chi connectivity index (χ0n) is 21.6. The third-order valence-corrected chi connectivity index (χ3v) is 6.28. The lowest BCUT2D eigenvalue weighted by Crippen LogP contribution is -2.42. The first kappa shape index (κ1) is 26.1. The standard InChI is InChI=1S/C29H32FNO6/c1-5-35-25-12-7-20(16-28(25)36-6-2)29(32)31-14-13-19-15-26(33-3)27(34-4)17-23(19)24(31)18-37-22-10-8-21(30)9-11-22/h7-12,15-17,24H,5-6,13-14,18H2,1-4H3. The minimum Gasteiger partial charge on any atom is -0.493 e. The van der Waals surface area contributed by atoms with Gasteiger partial charge >= 0.3 is 0 Å². The molecule has 0 radical (unpaired) electrons. The van der Waals surface area contributed by atoms with E-state index in [9.17, 15) is 9.18 Å². The molecule has 7 nitrogen and oxygen atoms in total. The Morgan fingerprint density at radius 3 is 2.22 bits per heavy atom. The van der Waals surface area contributed by atoms with E-state index in [0.29, 0.717) is 60.5 Å². The van der Waals surface area contributed by atoms with E-state index in [1.165, 1.54) is 12.1 Å². The van der Waals surface area contributed by atoms with Gasteiger partial charge in [0.05, 0.1) is 33.5 Å². The molecule has 0 N–H and O–H groups in total. The molecule has 1 aliphatic rings. The number of hydrogen-bond donors (Lipinski definition) is 0. The molecule has 1 heterocycles. The summed E-state index contributed by atoms with van der Waals surface area (Å²) in [6.45, 7) is 5.38. The number of hydrogen-bond acceptors (Lipinski definition) is 6. The van der Waals surface area contributed by atoms with Crippen LogP contribution in [0.5, 0.6) is 28.7 Å². The highest BCUT2D eigenvalue weighted by molar-refractivity contribution is 5.95. The minimum absolute atomic E-state index is 0.155. The molecule has 0 saturated carbocycles. The molecule has 4 rings (SSSR count). The number of methoxy groups -OCH3 is 2. The van der Waals surface area contributed by atoms with Crippen LogP contribution in [-0.2, 0) is 6.42 Å². The quantitative estimate of drug-likeness (QED) is 0.362. The van der Waals surface area contributed by atoms with Gasteiger partial charge in [-0.25, -0.2) is 4.39 Å². The Morgan fingerprint density at radius 1 is 0.865 bits per heavy atom. The second-order valence-electron chi connectivity index (χ2n) is 8.46. The van der Waals surface area contributed by atoms with E-state index in [1.807, 2.05) is 26.0 Å². The fraction of sp³-hybridized carbons (Fsp3) is 0.345. The topological polar surface area (TPSA) is 66.5 Å². The third kappa shape index (κ3) is 5.74. The van der Waals surface area contributed by atoms with Crippen molar-refractivity contribution in [1.29, 1.82) is 0 Å². The van der Waals surface area contributed by atoms with Gasteiger partial charge in [0.15, 0.2) is 23.0 Å². The van der Waals surface area contributed by atoms with Gasteiger partial charge in [0.2, 0.25) is 0 Å². The van der Waals surface area contributed by atoms with Crippen molar-refractivity contribution >= 4 is 5.91 Å². The lowest BCUT2D eigenvalue weighted by atomic mass is 9.91. The van der Waals surface area contributed by atoms with Gasteiger partial charge in [-0.3, -0.25) is 4.79 Å². The summed E-state index contributed by atoms with van der Waals surface area (Å²) in [6, 6.07) is 14.5. The van der Waals surface area contributed by atoms with Crippen molar-refractivity contribution in [2.24, 2.45) is 0 Å². The number of benzene rings is 3. The average molecular weight is 510 g/mol. The summed E-state index contributed by atoms with van der Waals surface area (Å²) < 4.78 is 41.9. The summed E-state index contributed by atoms with van der Waals surface area (Å²) in [5.41, 5.74) is 2.45. The Labute approximate surface area is 216 Å². The highest BCUT2D eigenvalue weighted by Gasteiger charge is 2.33. The lowest BCUT2D eigenvalue weighted by Gasteiger charge is -2.37. The van der Waals surface area contributed by atoms with Gasteiger partial charge in [-0.1, -0.05) is 0 Å². The SMILES string of the molecule is CCOc1ccc(C(=O)N2CCc3cc(OC)c(OC)cc3C2COc2ccc(F)cc2)cc1OCC. The maximum absolute atomic E-state index is 13.8. The number of halogens is 1. The summed E-state index contributed by atoms with van der Waals surface area (Å²) in [6.07, 6.45) is 0.643. The fourth-order valence-corrected chi connectivity index (χ4v) is 4.51. The maximum atomic E-state index is 13.8. The summed E-state index contributed by atoms with van der Waals surface area (Å²) in [5.74, 6) is 2.34. The first-order valence-electron chi connectivity index (χ1n) is 12.3. The van der Waals surface area contributed by atoms with E-state index in [1.54, 1.807) is 49.5 Å². The molecular weight excluding hydrogens is 477 g/mol. The van der Waals surface area contributed by atoms with E-state index < -0.39 is 6.04 Å². The number of nitrogens with zero attached hydrogens (tertiary/aromatic N) is 1. The Morgan fingerprint density at radius 2 is 1.54 bits per heavy atom. The summed E-state index contributed by atoms with van der Waals surface area (Å²) in [5, 5.41) is 0. The van der Waals surface area contributed by atoms with Crippen LogP contribution >= 0.6 is 0 Å².